The summed E-state index contributed by atoms with van der Waals surface area (Å²) < 4.78 is 5.25. The third kappa shape index (κ3) is 13.1. The quantitative estimate of drug-likeness (QED) is 0.189. The van der Waals surface area contributed by atoms with Crippen molar-refractivity contribution in [3.8, 4) is 5.75 Å². The van der Waals surface area contributed by atoms with Crippen LogP contribution in [0.15, 0.2) is 36.4 Å². The molecular formula is C24H38O3. The average molecular weight is 375 g/mol. The summed E-state index contributed by atoms with van der Waals surface area (Å²) in [6.07, 6.45) is 21.0. The Balaban J connectivity index is 1.84. The maximum Gasteiger partial charge on any atom is 0.338 e. The number of allylic oxidation sites excluding steroid dienone is 2. The van der Waals surface area contributed by atoms with E-state index in [9.17, 15) is 9.90 Å². The Bertz CT molecular complexity index is 505. The molecule has 0 spiro atoms. The van der Waals surface area contributed by atoms with Gasteiger partial charge in [-0.2, -0.15) is 0 Å². The largest absolute Gasteiger partial charge is 0.508 e. The zero-order chi connectivity index (χ0) is 19.6. The molecule has 0 unspecified atom stereocenters. The van der Waals surface area contributed by atoms with Gasteiger partial charge in [-0.15, -0.1) is 0 Å². The van der Waals surface area contributed by atoms with Gasteiger partial charge >= 0.3 is 5.97 Å². The first-order valence-electron chi connectivity index (χ1n) is 10.8. The van der Waals surface area contributed by atoms with E-state index in [1.807, 2.05) is 0 Å². The zero-order valence-electron chi connectivity index (χ0n) is 17.1. The van der Waals surface area contributed by atoms with E-state index in [-0.39, 0.29) is 11.7 Å². The molecule has 1 aromatic rings. The predicted octanol–water partition coefficient (Wildman–Crippen LogP) is 7.20. The first-order chi connectivity index (χ1) is 13.2. The molecule has 0 aliphatic carbocycles. The molecule has 0 aromatic heterocycles. The highest BCUT2D eigenvalue weighted by molar-refractivity contribution is 5.89. The van der Waals surface area contributed by atoms with Crippen LogP contribution in [-0.2, 0) is 4.74 Å². The van der Waals surface area contributed by atoms with Gasteiger partial charge < -0.3 is 9.84 Å². The van der Waals surface area contributed by atoms with Crippen molar-refractivity contribution in [3.63, 3.8) is 0 Å². The Labute approximate surface area is 165 Å². The second-order valence-corrected chi connectivity index (χ2v) is 7.27. The Morgan fingerprint density at radius 3 is 1.93 bits per heavy atom. The number of unbranched alkanes of at least 4 members (excludes halogenated alkanes) is 11. The highest BCUT2D eigenvalue weighted by Crippen LogP contribution is 2.12. The molecule has 0 aliphatic rings. The summed E-state index contributed by atoms with van der Waals surface area (Å²) in [4.78, 5) is 11.8. The maximum atomic E-state index is 11.8. The Hall–Kier alpha value is -1.77. The standard InChI is InChI=1S/C24H38O3/c1-2-3-4-5-6-7-8-9-10-11-12-13-14-15-16-21-27-24(26)22-17-19-23(25)20-18-22/h7-8,17-20,25H,2-6,9-16,21H2,1H3/b8-7+. The van der Waals surface area contributed by atoms with Gasteiger partial charge in [0.25, 0.3) is 0 Å². The lowest BCUT2D eigenvalue weighted by Crippen LogP contribution is -2.06. The first-order valence-corrected chi connectivity index (χ1v) is 10.8. The van der Waals surface area contributed by atoms with Crippen LogP contribution in [0.25, 0.3) is 0 Å². The maximum absolute atomic E-state index is 11.8. The van der Waals surface area contributed by atoms with E-state index in [2.05, 4.69) is 19.1 Å². The number of benzene rings is 1. The van der Waals surface area contributed by atoms with Crippen LogP contribution in [0.4, 0.5) is 0 Å². The highest BCUT2D eigenvalue weighted by atomic mass is 16.5. The van der Waals surface area contributed by atoms with Gasteiger partial charge in [-0.1, -0.05) is 70.4 Å². The van der Waals surface area contributed by atoms with Crippen LogP contribution in [0.2, 0.25) is 0 Å². The fourth-order valence-corrected chi connectivity index (χ4v) is 3.02. The van der Waals surface area contributed by atoms with E-state index in [1.165, 1.54) is 82.8 Å². The highest BCUT2D eigenvalue weighted by Gasteiger charge is 2.06. The topological polar surface area (TPSA) is 46.5 Å². The summed E-state index contributed by atoms with van der Waals surface area (Å²) in [5.74, 6) is -0.154. The van der Waals surface area contributed by atoms with E-state index in [1.54, 1.807) is 12.1 Å². The van der Waals surface area contributed by atoms with Gasteiger partial charge in [0.2, 0.25) is 0 Å². The van der Waals surface area contributed by atoms with Gasteiger partial charge in [-0.3, -0.25) is 0 Å². The molecule has 0 aliphatic heterocycles. The van der Waals surface area contributed by atoms with E-state index < -0.39 is 0 Å². The zero-order valence-corrected chi connectivity index (χ0v) is 17.1. The van der Waals surface area contributed by atoms with Crippen LogP contribution in [0, 0.1) is 0 Å². The second kappa shape index (κ2) is 16.4. The molecule has 0 amide bonds. The first kappa shape index (κ1) is 23.3. The van der Waals surface area contributed by atoms with Gasteiger partial charge in [-0.25, -0.2) is 4.79 Å². The van der Waals surface area contributed by atoms with Crippen LogP contribution >= 0.6 is 0 Å². The number of rotatable bonds is 16. The molecule has 0 radical (unpaired) electrons. The number of ether oxygens (including phenoxy) is 1. The molecule has 0 atom stereocenters. The van der Waals surface area contributed by atoms with Crippen LogP contribution in [0.1, 0.15) is 101 Å². The normalized spacial score (nSPS) is 11.1. The molecule has 0 heterocycles. The van der Waals surface area contributed by atoms with Crippen LogP contribution in [-0.4, -0.2) is 17.7 Å². The molecule has 1 aromatic carbocycles. The number of esters is 1. The molecule has 3 nitrogen and oxygen atoms in total. The fraction of sp³-hybridized carbons (Fsp3) is 0.625. The van der Waals surface area contributed by atoms with Crippen molar-refractivity contribution in [2.45, 2.75) is 90.4 Å². The molecule has 0 saturated carbocycles. The summed E-state index contributed by atoms with van der Waals surface area (Å²) in [5.41, 5.74) is 0.489. The van der Waals surface area contributed by atoms with E-state index in [4.69, 9.17) is 4.74 Å². The number of phenols is 1. The van der Waals surface area contributed by atoms with Gasteiger partial charge in [0, 0.05) is 0 Å². The minimum atomic E-state index is -0.312. The van der Waals surface area contributed by atoms with E-state index in [0.29, 0.717) is 12.2 Å². The number of aromatic hydroxyl groups is 1. The molecule has 1 rings (SSSR count). The monoisotopic (exact) mass is 374 g/mol. The predicted molar refractivity (Wildman–Crippen MR) is 113 cm³/mol. The van der Waals surface area contributed by atoms with Crippen molar-refractivity contribution in [2.75, 3.05) is 6.61 Å². The smallest absolute Gasteiger partial charge is 0.338 e. The van der Waals surface area contributed by atoms with Gasteiger partial charge in [0.1, 0.15) is 5.75 Å². The Kier molecular flexibility index (Phi) is 14.1. The molecular weight excluding hydrogens is 336 g/mol. The summed E-state index contributed by atoms with van der Waals surface area (Å²) in [7, 11) is 0. The second-order valence-electron chi connectivity index (χ2n) is 7.27. The molecule has 3 heteroatoms. The van der Waals surface area contributed by atoms with Gasteiger partial charge in [-0.05, 0) is 56.4 Å². The van der Waals surface area contributed by atoms with Crippen LogP contribution < -0.4 is 0 Å². The van der Waals surface area contributed by atoms with Crippen LogP contribution in [0.3, 0.4) is 0 Å². The minimum absolute atomic E-state index is 0.157. The summed E-state index contributed by atoms with van der Waals surface area (Å²) in [6, 6.07) is 6.17. The molecule has 0 saturated heterocycles. The number of phenolic OH excluding ortho intramolecular Hbond substituents is 1. The van der Waals surface area contributed by atoms with Crippen LogP contribution in [0.5, 0.6) is 5.75 Å². The molecule has 0 fully saturated rings. The number of carbonyl (C=O) groups excluding carboxylic acids is 1. The lowest BCUT2D eigenvalue weighted by atomic mass is 10.1. The molecule has 27 heavy (non-hydrogen) atoms. The molecule has 0 bridgehead atoms. The number of carbonyl (C=O) groups is 1. The minimum Gasteiger partial charge on any atom is -0.508 e. The Morgan fingerprint density at radius 2 is 1.33 bits per heavy atom. The summed E-state index contributed by atoms with van der Waals surface area (Å²) in [5, 5.41) is 9.21. The van der Waals surface area contributed by atoms with E-state index >= 15 is 0 Å². The molecule has 152 valence electrons. The third-order valence-electron chi connectivity index (χ3n) is 4.74. The Morgan fingerprint density at radius 1 is 0.815 bits per heavy atom. The SMILES string of the molecule is CCCCCC/C=C/CCCCCCCCCOC(=O)c1ccc(O)cc1. The number of hydrogen-bond donors (Lipinski definition) is 1. The summed E-state index contributed by atoms with van der Waals surface area (Å²) >= 11 is 0. The van der Waals surface area contributed by atoms with Crippen molar-refractivity contribution in [1.29, 1.82) is 0 Å². The van der Waals surface area contributed by atoms with Crippen molar-refractivity contribution in [1.82, 2.24) is 0 Å². The third-order valence-corrected chi connectivity index (χ3v) is 4.74. The fourth-order valence-electron chi connectivity index (χ4n) is 3.02. The van der Waals surface area contributed by atoms with Crippen molar-refractivity contribution >= 4 is 5.97 Å². The van der Waals surface area contributed by atoms with Crippen molar-refractivity contribution in [3.05, 3.63) is 42.0 Å². The van der Waals surface area contributed by atoms with Crippen molar-refractivity contribution < 1.29 is 14.6 Å². The lowest BCUT2D eigenvalue weighted by Gasteiger charge is -2.05. The number of hydrogen-bond acceptors (Lipinski definition) is 3. The van der Waals surface area contributed by atoms with Gasteiger partial charge in [0.05, 0.1) is 12.2 Å². The van der Waals surface area contributed by atoms with Gasteiger partial charge in [0.15, 0.2) is 0 Å². The van der Waals surface area contributed by atoms with E-state index in [0.717, 1.165) is 12.8 Å². The average Bonchev–Trinajstić information content (AvgIpc) is 2.68. The summed E-state index contributed by atoms with van der Waals surface area (Å²) in [6.45, 7) is 2.73. The molecule has 1 N–H and O–H groups in total. The van der Waals surface area contributed by atoms with Crippen molar-refractivity contribution in [2.24, 2.45) is 0 Å². The lowest BCUT2D eigenvalue weighted by molar-refractivity contribution is 0.0497.